The highest BCUT2D eigenvalue weighted by Gasteiger charge is 2.34. The van der Waals surface area contributed by atoms with Gasteiger partial charge in [0.25, 0.3) is 0 Å². The Kier molecular flexibility index (Phi) is 5.83. The summed E-state index contributed by atoms with van der Waals surface area (Å²) in [6.07, 6.45) is 4.01. The topological polar surface area (TPSA) is 15.3 Å². The van der Waals surface area contributed by atoms with Crippen LogP contribution in [0.4, 0.5) is 0 Å². The van der Waals surface area contributed by atoms with E-state index in [2.05, 4.69) is 55.3 Å². The van der Waals surface area contributed by atoms with E-state index < -0.39 is 0 Å². The second-order valence-electron chi connectivity index (χ2n) is 6.87. The van der Waals surface area contributed by atoms with Crippen molar-refractivity contribution in [3.63, 3.8) is 0 Å². The van der Waals surface area contributed by atoms with Crippen LogP contribution in [0.3, 0.4) is 0 Å². The highest BCUT2D eigenvalue weighted by atomic mass is 15.2. The predicted octanol–water partition coefficient (Wildman–Crippen LogP) is 4.02. The second-order valence-corrected chi connectivity index (χ2v) is 6.87. The highest BCUT2D eigenvalue weighted by Crippen LogP contribution is 2.37. The van der Waals surface area contributed by atoms with E-state index in [1.54, 1.807) is 0 Å². The Morgan fingerprint density at radius 3 is 2.38 bits per heavy atom. The molecule has 1 saturated heterocycles. The Morgan fingerprint density at radius 2 is 1.86 bits per heavy atom. The van der Waals surface area contributed by atoms with Gasteiger partial charge in [0.1, 0.15) is 0 Å². The summed E-state index contributed by atoms with van der Waals surface area (Å²) in [4.78, 5) is 2.64. The summed E-state index contributed by atoms with van der Waals surface area (Å²) in [5.41, 5.74) is 3.48. The average molecular weight is 288 g/mol. The number of nitrogens with one attached hydrogen (secondary N) is 1. The van der Waals surface area contributed by atoms with Crippen LogP contribution < -0.4 is 5.32 Å². The van der Waals surface area contributed by atoms with Crippen molar-refractivity contribution in [3.05, 3.63) is 35.4 Å². The quantitative estimate of drug-likeness (QED) is 0.815. The van der Waals surface area contributed by atoms with Crippen LogP contribution in [-0.2, 0) is 6.54 Å². The molecule has 1 heterocycles. The Bertz CT molecular complexity index is 420. The van der Waals surface area contributed by atoms with Crippen LogP contribution in [0.25, 0.3) is 0 Å². The van der Waals surface area contributed by atoms with Gasteiger partial charge >= 0.3 is 0 Å². The molecule has 2 nitrogen and oxygen atoms in total. The first-order chi connectivity index (χ1) is 10.1. The largest absolute Gasteiger partial charge is 0.319 e. The molecule has 0 radical (unpaired) electrons. The summed E-state index contributed by atoms with van der Waals surface area (Å²) in [6, 6.07) is 9.25. The van der Waals surface area contributed by atoms with Crippen molar-refractivity contribution in [2.45, 2.75) is 52.5 Å². The first kappa shape index (κ1) is 16.5. The normalized spacial score (nSPS) is 19.8. The van der Waals surface area contributed by atoms with Crippen molar-refractivity contribution in [1.82, 2.24) is 10.2 Å². The van der Waals surface area contributed by atoms with Crippen molar-refractivity contribution < 1.29 is 0 Å². The van der Waals surface area contributed by atoms with Crippen molar-refractivity contribution >= 4 is 0 Å². The lowest BCUT2D eigenvalue weighted by Crippen LogP contribution is -2.26. The lowest BCUT2D eigenvalue weighted by molar-refractivity contribution is 0.236. The van der Waals surface area contributed by atoms with Gasteiger partial charge in [0, 0.05) is 19.6 Å². The number of likely N-dealkylation sites (N-methyl/N-ethyl adjacent to an activating group) is 1. The molecule has 0 aromatic heterocycles. The molecule has 118 valence electrons. The highest BCUT2D eigenvalue weighted by molar-refractivity contribution is 5.25. The van der Waals surface area contributed by atoms with Crippen molar-refractivity contribution in [3.8, 4) is 0 Å². The van der Waals surface area contributed by atoms with Crippen molar-refractivity contribution in [1.29, 1.82) is 0 Å². The minimum Gasteiger partial charge on any atom is -0.319 e. The lowest BCUT2D eigenvalue weighted by Gasteiger charge is -2.26. The van der Waals surface area contributed by atoms with Gasteiger partial charge in [-0.15, -0.1) is 0 Å². The van der Waals surface area contributed by atoms with Crippen molar-refractivity contribution in [2.75, 3.05) is 26.7 Å². The van der Waals surface area contributed by atoms with Crippen molar-refractivity contribution in [2.24, 2.45) is 5.41 Å². The van der Waals surface area contributed by atoms with E-state index in [0.717, 1.165) is 13.1 Å². The summed E-state index contributed by atoms with van der Waals surface area (Å²) >= 11 is 0. The zero-order valence-corrected chi connectivity index (χ0v) is 14.3. The van der Waals surface area contributed by atoms with Gasteiger partial charge in [-0.1, -0.05) is 45.0 Å². The first-order valence-electron chi connectivity index (χ1n) is 8.58. The molecule has 0 bridgehead atoms. The van der Waals surface area contributed by atoms with Gasteiger partial charge in [-0.3, -0.25) is 4.90 Å². The fourth-order valence-electron chi connectivity index (χ4n) is 3.62. The molecule has 1 fully saturated rings. The van der Waals surface area contributed by atoms with Crippen LogP contribution in [0.2, 0.25) is 0 Å². The summed E-state index contributed by atoms with van der Waals surface area (Å²) in [5, 5.41) is 3.25. The van der Waals surface area contributed by atoms with Gasteiger partial charge in [0.15, 0.2) is 0 Å². The Balaban J connectivity index is 1.92. The zero-order valence-electron chi connectivity index (χ0n) is 14.3. The predicted molar refractivity (Wildman–Crippen MR) is 91.7 cm³/mol. The number of rotatable bonds is 7. The molecule has 0 aliphatic carbocycles. The molecule has 0 spiro atoms. The molecule has 2 rings (SSSR count). The van der Waals surface area contributed by atoms with Crippen LogP contribution in [0.5, 0.6) is 0 Å². The van der Waals surface area contributed by atoms with Crippen LogP contribution in [0, 0.1) is 5.41 Å². The first-order valence-corrected chi connectivity index (χ1v) is 8.58. The molecule has 1 atom stereocenters. The molecule has 21 heavy (non-hydrogen) atoms. The van der Waals surface area contributed by atoms with Gasteiger partial charge < -0.3 is 5.32 Å². The van der Waals surface area contributed by atoms with Crippen LogP contribution in [0.1, 0.15) is 57.1 Å². The second kappa shape index (κ2) is 7.42. The average Bonchev–Trinajstić information content (AvgIpc) is 2.92. The van der Waals surface area contributed by atoms with Gasteiger partial charge in [-0.05, 0) is 55.3 Å². The standard InChI is InChI=1S/C19H32N2/c1-5-19(6-2)11-12-21(15-19)14-17-7-9-18(10-8-17)16(3)13-20-4/h7-10,16,20H,5-6,11-15H2,1-4H3. The molecule has 1 aromatic carbocycles. The third kappa shape index (κ3) is 4.08. The van der Waals surface area contributed by atoms with Crippen LogP contribution >= 0.6 is 0 Å². The maximum Gasteiger partial charge on any atom is 0.0233 e. The number of nitrogens with zero attached hydrogens (tertiary/aromatic N) is 1. The van der Waals surface area contributed by atoms with E-state index >= 15 is 0 Å². The third-order valence-electron chi connectivity index (χ3n) is 5.48. The number of likely N-dealkylation sites (tertiary alicyclic amines) is 1. The molecule has 0 saturated carbocycles. The minimum absolute atomic E-state index is 0.585. The Hall–Kier alpha value is -0.860. The monoisotopic (exact) mass is 288 g/mol. The maximum absolute atomic E-state index is 3.25. The van der Waals surface area contributed by atoms with E-state index in [1.165, 1.54) is 43.5 Å². The van der Waals surface area contributed by atoms with Gasteiger partial charge in [-0.2, -0.15) is 0 Å². The number of hydrogen-bond acceptors (Lipinski definition) is 2. The molecule has 1 aliphatic rings. The number of benzene rings is 1. The summed E-state index contributed by atoms with van der Waals surface area (Å²) < 4.78 is 0. The van der Waals surface area contributed by atoms with Gasteiger partial charge in [-0.25, -0.2) is 0 Å². The molecule has 1 aliphatic heterocycles. The van der Waals surface area contributed by atoms with E-state index in [1.807, 2.05) is 7.05 Å². The Labute approximate surface area is 130 Å². The van der Waals surface area contributed by atoms with E-state index in [4.69, 9.17) is 0 Å². The fraction of sp³-hybridized carbons (Fsp3) is 0.684. The lowest BCUT2D eigenvalue weighted by atomic mass is 9.82. The molecule has 1 aromatic rings. The molecular weight excluding hydrogens is 256 g/mol. The van der Waals surface area contributed by atoms with E-state index in [9.17, 15) is 0 Å². The van der Waals surface area contributed by atoms with Crippen LogP contribution in [0.15, 0.2) is 24.3 Å². The SMILES string of the molecule is CCC1(CC)CCN(Cc2ccc(C(C)CNC)cc2)C1. The minimum atomic E-state index is 0.585. The Morgan fingerprint density at radius 1 is 1.19 bits per heavy atom. The number of hydrogen-bond donors (Lipinski definition) is 1. The van der Waals surface area contributed by atoms with Gasteiger partial charge in [0.2, 0.25) is 0 Å². The van der Waals surface area contributed by atoms with Gasteiger partial charge in [0.05, 0.1) is 0 Å². The molecule has 1 unspecified atom stereocenters. The maximum atomic E-state index is 3.25. The van der Waals surface area contributed by atoms with E-state index in [-0.39, 0.29) is 0 Å². The molecule has 2 heteroatoms. The van der Waals surface area contributed by atoms with Crippen LogP contribution in [-0.4, -0.2) is 31.6 Å². The zero-order chi connectivity index (χ0) is 15.3. The summed E-state index contributed by atoms with van der Waals surface area (Å²) in [6.45, 7) is 11.7. The molecular formula is C19H32N2. The summed E-state index contributed by atoms with van der Waals surface area (Å²) in [7, 11) is 2.02. The molecule has 1 N–H and O–H groups in total. The molecule has 0 amide bonds. The summed E-state index contributed by atoms with van der Waals surface area (Å²) in [5.74, 6) is 0.587. The fourth-order valence-corrected chi connectivity index (χ4v) is 3.62. The van der Waals surface area contributed by atoms with E-state index in [0.29, 0.717) is 11.3 Å². The third-order valence-corrected chi connectivity index (χ3v) is 5.48. The smallest absolute Gasteiger partial charge is 0.0233 e.